The number of benzene rings is 5. The van der Waals surface area contributed by atoms with Crippen molar-refractivity contribution in [3.8, 4) is 34.2 Å². The lowest BCUT2D eigenvalue weighted by atomic mass is 9.79. The predicted octanol–water partition coefficient (Wildman–Crippen LogP) is 10.7. The van der Waals surface area contributed by atoms with E-state index in [0.29, 0.717) is 17.5 Å². The van der Waals surface area contributed by atoms with Gasteiger partial charge in [0, 0.05) is 37.8 Å². The summed E-state index contributed by atoms with van der Waals surface area (Å²) in [7, 11) is 0. The fourth-order valence-electron chi connectivity index (χ4n) is 7.63. The number of furan rings is 1. The second-order valence-electron chi connectivity index (χ2n) is 13.3. The van der Waals surface area contributed by atoms with Gasteiger partial charge in [-0.3, -0.25) is 4.99 Å². The highest BCUT2D eigenvalue weighted by Gasteiger charge is 2.44. The molecule has 1 atom stereocenters. The highest BCUT2D eigenvalue weighted by atomic mass is 32.2. The summed E-state index contributed by atoms with van der Waals surface area (Å²) in [6.07, 6.45) is 3.34. The van der Waals surface area contributed by atoms with Crippen LogP contribution in [0.4, 0.5) is 0 Å². The van der Waals surface area contributed by atoms with Gasteiger partial charge in [0.1, 0.15) is 16.2 Å². The Morgan fingerprint density at radius 3 is 2.16 bits per heavy atom. The van der Waals surface area contributed by atoms with Crippen LogP contribution in [0.5, 0.6) is 0 Å². The topological polar surface area (TPSA) is 64.2 Å². The van der Waals surface area contributed by atoms with Crippen LogP contribution >= 0.6 is 11.8 Å². The maximum Gasteiger partial charge on any atom is 0.167 e. The van der Waals surface area contributed by atoms with Crippen LogP contribution in [0, 0.1) is 0 Å². The summed E-state index contributed by atoms with van der Waals surface area (Å²) in [5, 5.41) is 3.23. The summed E-state index contributed by atoms with van der Waals surface area (Å²) < 4.78 is 6.42. The number of hydrogen-bond acceptors (Lipinski definition) is 6. The molecular formula is C43H30N4OS. The molecule has 0 radical (unpaired) electrons. The van der Waals surface area contributed by atoms with Gasteiger partial charge in [-0.05, 0) is 46.9 Å². The third-order valence-corrected chi connectivity index (χ3v) is 11.3. The quantitative estimate of drug-likeness (QED) is 0.190. The van der Waals surface area contributed by atoms with Crippen molar-refractivity contribution >= 4 is 44.3 Å². The molecule has 0 fully saturated rings. The van der Waals surface area contributed by atoms with Crippen LogP contribution < -0.4 is 0 Å². The van der Waals surface area contributed by atoms with Gasteiger partial charge >= 0.3 is 0 Å². The highest BCUT2D eigenvalue weighted by molar-refractivity contribution is 8.18. The lowest BCUT2D eigenvalue weighted by Crippen LogP contribution is -2.18. The first-order valence-electron chi connectivity index (χ1n) is 16.7. The van der Waals surface area contributed by atoms with E-state index in [0.717, 1.165) is 50.1 Å². The van der Waals surface area contributed by atoms with Crippen molar-refractivity contribution in [2.45, 2.75) is 31.7 Å². The zero-order valence-corrected chi connectivity index (χ0v) is 27.8. The van der Waals surface area contributed by atoms with Crippen molar-refractivity contribution < 1.29 is 4.42 Å². The Bertz CT molecular complexity index is 2580. The van der Waals surface area contributed by atoms with E-state index in [2.05, 4.69) is 86.7 Å². The smallest absolute Gasteiger partial charge is 0.167 e. The molecular weight excluding hydrogens is 621 g/mol. The minimum Gasteiger partial charge on any atom is -0.455 e. The van der Waals surface area contributed by atoms with Gasteiger partial charge in [-0.1, -0.05) is 135 Å². The number of rotatable bonds is 4. The second kappa shape index (κ2) is 10.7. The van der Waals surface area contributed by atoms with Crippen LogP contribution in [-0.2, 0) is 5.41 Å². The van der Waals surface area contributed by atoms with E-state index in [-0.39, 0.29) is 11.5 Å². The van der Waals surface area contributed by atoms with Gasteiger partial charge in [-0.15, -0.1) is 0 Å². The third kappa shape index (κ3) is 4.40. The molecule has 0 spiro atoms. The normalized spacial score (nSPS) is 17.6. The van der Waals surface area contributed by atoms with Crippen molar-refractivity contribution in [3.63, 3.8) is 0 Å². The van der Waals surface area contributed by atoms with E-state index in [1.807, 2.05) is 66.4 Å². The van der Waals surface area contributed by atoms with Crippen molar-refractivity contribution in [3.05, 3.63) is 155 Å². The molecule has 10 rings (SSSR count). The summed E-state index contributed by atoms with van der Waals surface area (Å²) in [6, 6.07) is 41.9. The minimum atomic E-state index is -0.174. The molecule has 0 N–H and O–H groups in total. The molecule has 2 aliphatic carbocycles. The number of fused-ring (bicyclic) bond motifs is 7. The molecule has 0 saturated heterocycles. The van der Waals surface area contributed by atoms with Gasteiger partial charge in [0.15, 0.2) is 17.5 Å². The van der Waals surface area contributed by atoms with Crippen molar-refractivity contribution in [1.82, 2.24) is 15.0 Å². The number of aromatic nitrogens is 3. The third-order valence-electron chi connectivity index (χ3n) is 10.1. The fraction of sp³-hybridized carbons (Fsp3) is 0.116. The average molecular weight is 651 g/mol. The first-order chi connectivity index (χ1) is 24.0. The van der Waals surface area contributed by atoms with Crippen molar-refractivity contribution in [1.29, 1.82) is 0 Å². The highest BCUT2D eigenvalue weighted by Crippen LogP contribution is 2.57. The number of aliphatic imine (C=N–C) groups is 1. The zero-order chi connectivity index (χ0) is 32.7. The van der Waals surface area contributed by atoms with Crippen molar-refractivity contribution in [2.24, 2.45) is 4.99 Å². The van der Waals surface area contributed by atoms with Gasteiger partial charge in [0.05, 0.1) is 11.6 Å². The van der Waals surface area contributed by atoms with Crippen LogP contribution in [0.3, 0.4) is 0 Å². The van der Waals surface area contributed by atoms with Gasteiger partial charge < -0.3 is 4.42 Å². The predicted molar refractivity (Wildman–Crippen MR) is 200 cm³/mol. The number of para-hydroxylation sites is 2. The molecule has 5 aromatic carbocycles. The Morgan fingerprint density at radius 2 is 1.35 bits per heavy atom. The Balaban J connectivity index is 1.13. The Kier molecular flexibility index (Phi) is 6.21. The Morgan fingerprint density at radius 1 is 0.653 bits per heavy atom. The maximum absolute atomic E-state index is 6.42. The van der Waals surface area contributed by atoms with Crippen LogP contribution in [0.15, 0.2) is 147 Å². The summed E-state index contributed by atoms with van der Waals surface area (Å²) in [5.74, 6) is 1.86. The van der Waals surface area contributed by atoms with E-state index in [1.54, 1.807) is 0 Å². The van der Waals surface area contributed by atoms with Gasteiger partial charge in [-0.25, -0.2) is 15.0 Å². The summed E-state index contributed by atoms with van der Waals surface area (Å²) >= 11 is 1.84. The average Bonchev–Trinajstić information content (AvgIpc) is 3.82. The van der Waals surface area contributed by atoms with E-state index in [1.165, 1.54) is 32.7 Å². The molecule has 5 nitrogen and oxygen atoms in total. The molecule has 6 heteroatoms. The fourth-order valence-corrected chi connectivity index (χ4v) is 8.88. The summed E-state index contributed by atoms with van der Waals surface area (Å²) in [5.41, 5.74) is 10.7. The van der Waals surface area contributed by atoms with E-state index in [4.69, 9.17) is 24.4 Å². The molecule has 0 amide bonds. The molecule has 1 unspecified atom stereocenters. The lowest BCUT2D eigenvalue weighted by Gasteiger charge is -2.26. The first-order valence-corrected chi connectivity index (χ1v) is 17.5. The minimum absolute atomic E-state index is 0.167. The molecule has 7 aromatic rings. The standard InChI is InChI=1S/C43H30N4OS/c1-43(2)32-22-23-34-38(49-42(44-34)26-14-7-4-8-15-26)36(32)30-21-20-27(24-33(30)43)40-45-39(25-12-5-3-6-13-25)46-41(47-40)31-18-11-17-29-28-16-9-10-19-35(28)48-37(29)31/h3-22,24,34H,23H2,1-2H3. The lowest BCUT2D eigenvalue weighted by molar-refractivity contribution is 0.650. The Labute approximate surface area is 288 Å². The molecule has 0 saturated carbocycles. The zero-order valence-electron chi connectivity index (χ0n) is 27.0. The SMILES string of the molecule is CC1(C)C2=CCC3N=C(c4ccccc4)SC3=C2c2ccc(-c3nc(-c4ccccc4)nc(-c4cccc5c4oc4ccccc45)n3)cc21. The molecule has 234 valence electrons. The maximum atomic E-state index is 6.42. The van der Waals surface area contributed by atoms with E-state index >= 15 is 0 Å². The molecule has 1 aliphatic heterocycles. The van der Waals surface area contributed by atoms with E-state index < -0.39 is 0 Å². The van der Waals surface area contributed by atoms with Gasteiger partial charge in [0.2, 0.25) is 0 Å². The summed E-state index contributed by atoms with van der Waals surface area (Å²) in [6.45, 7) is 4.68. The number of nitrogens with zero attached hydrogens (tertiary/aromatic N) is 4. The number of thioether (sulfide) groups is 1. The molecule has 49 heavy (non-hydrogen) atoms. The van der Waals surface area contributed by atoms with Gasteiger partial charge in [-0.2, -0.15) is 0 Å². The van der Waals surface area contributed by atoms with Crippen molar-refractivity contribution in [2.75, 3.05) is 0 Å². The monoisotopic (exact) mass is 650 g/mol. The molecule has 2 aromatic heterocycles. The van der Waals surface area contributed by atoms with Crippen LogP contribution in [0.2, 0.25) is 0 Å². The molecule has 0 bridgehead atoms. The summed E-state index contributed by atoms with van der Waals surface area (Å²) in [4.78, 5) is 21.8. The van der Waals surface area contributed by atoms with Crippen LogP contribution in [0.25, 0.3) is 61.7 Å². The number of hydrogen-bond donors (Lipinski definition) is 0. The van der Waals surface area contributed by atoms with Crippen LogP contribution in [-0.4, -0.2) is 26.0 Å². The largest absolute Gasteiger partial charge is 0.455 e. The molecule has 3 heterocycles. The first kappa shape index (κ1) is 28.4. The second-order valence-corrected chi connectivity index (χ2v) is 14.4. The van der Waals surface area contributed by atoms with E-state index in [9.17, 15) is 0 Å². The Hall–Kier alpha value is -5.59. The van der Waals surface area contributed by atoms with Gasteiger partial charge in [0.25, 0.3) is 0 Å². The van der Waals surface area contributed by atoms with Crippen LogP contribution in [0.1, 0.15) is 37.0 Å². The molecule has 3 aliphatic rings. The number of allylic oxidation sites excluding steroid dienone is 2.